The van der Waals surface area contributed by atoms with Crippen molar-refractivity contribution in [2.75, 3.05) is 14.2 Å². The highest BCUT2D eigenvalue weighted by Crippen LogP contribution is 2.51. The summed E-state index contributed by atoms with van der Waals surface area (Å²) in [6.07, 6.45) is -0.848. The van der Waals surface area contributed by atoms with Crippen LogP contribution >= 0.6 is 0 Å². The van der Waals surface area contributed by atoms with Crippen molar-refractivity contribution in [2.45, 2.75) is 45.3 Å². The normalized spacial score (nSPS) is 11.7. The fraction of sp³-hybridized carbons (Fsp3) is 0.391. The molecule has 0 radical (unpaired) electrons. The van der Waals surface area contributed by atoms with Gasteiger partial charge in [-0.1, -0.05) is 20.8 Å². The molecule has 0 fully saturated rings. The van der Waals surface area contributed by atoms with Crippen LogP contribution in [-0.2, 0) is 0 Å². The zero-order valence-electron chi connectivity index (χ0n) is 20.1. The van der Waals surface area contributed by atoms with Crippen LogP contribution < -0.4 is 13.9 Å². The highest BCUT2D eigenvalue weighted by atomic mass is 28.4. The Kier molecular flexibility index (Phi) is 7.32. The van der Waals surface area contributed by atoms with E-state index >= 15 is 0 Å². The molecule has 2 aromatic rings. The number of methoxy groups -OCH3 is 2. The van der Waals surface area contributed by atoms with Crippen LogP contribution in [0.5, 0.6) is 46.0 Å². The van der Waals surface area contributed by atoms with E-state index in [9.17, 15) is 35.1 Å². The molecule has 11 heteroatoms. The number of ether oxygens (including phenoxy) is 2. The molecule has 2 rings (SSSR count). The van der Waals surface area contributed by atoms with Crippen LogP contribution in [0.25, 0.3) is 0 Å². The average Bonchev–Trinajstić information content (AvgIpc) is 2.75. The Morgan fingerprint density at radius 1 is 0.794 bits per heavy atom. The van der Waals surface area contributed by atoms with Crippen molar-refractivity contribution in [3.8, 4) is 46.0 Å². The van der Waals surface area contributed by atoms with Crippen LogP contribution in [0.2, 0.25) is 18.1 Å². The van der Waals surface area contributed by atoms with E-state index in [1.54, 1.807) is 0 Å². The maximum atomic E-state index is 12.9. The third-order valence-corrected chi connectivity index (χ3v) is 10.2. The van der Waals surface area contributed by atoms with Gasteiger partial charge in [0.2, 0.25) is 17.2 Å². The van der Waals surface area contributed by atoms with Crippen LogP contribution in [-0.4, -0.2) is 59.6 Å². The Bertz CT molecular complexity index is 1080. The summed E-state index contributed by atoms with van der Waals surface area (Å²) in [5, 5.41) is 48.5. The Balaban J connectivity index is 2.46. The molecule has 5 N–H and O–H groups in total. The molecular formula is C23H30O10Si. The maximum Gasteiger partial charge on any atom is 0.250 e. The molecule has 0 aliphatic heterocycles. The molecule has 0 aromatic heterocycles. The van der Waals surface area contributed by atoms with Crippen molar-refractivity contribution in [1.29, 1.82) is 0 Å². The van der Waals surface area contributed by atoms with Crippen molar-refractivity contribution in [2.24, 2.45) is 0 Å². The van der Waals surface area contributed by atoms with E-state index in [4.69, 9.17) is 13.9 Å². The van der Waals surface area contributed by atoms with Crippen LogP contribution in [0.4, 0.5) is 0 Å². The largest absolute Gasteiger partial charge is 0.539 e. The Hall–Kier alpha value is -3.60. The first-order chi connectivity index (χ1) is 15.6. The summed E-state index contributed by atoms with van der Waals surface area (Å²) >= 11 is 0. The second-order valence-electron chi connectivity index (χ2n) is 9.21. The molecule has 0 bridgehead atoms. The molecule has 0 spiro atoms. The van der Waals surface area contributed by atoms with Crippen molar-refractivity contribution in [3.63, 3.8) is 0 Å². The van der Waals surface area contributed by atoms with E-state index in [1.807, 2.05) is 13.1 Å². The number of phenols is 5. The van der Waals surface area contributed by atoms with Crippen molar-refractivity contribution < 1.29 is 49.0 Å². The number of hydrogen-bond donors (Lipinski definition) is 5. The number of aromatic hydroxyl groups is 5. The number of benzene rings is 2. The van der Waals surface area contributed by atoms with Gasteiger partial charge in [-0.05, 0) is 30.3 Å². The lowest BCUT2D eigenvalue weighted by atomic mass is 9.98. The molecule has 0 unspecified atom stereocenters. The molecule has 0 amide bonds. The van der Waals surface area contributed by atoms with Crippen LogP contribution in [0, 0.1) is 0 Å². The van der Waals surface area contributed by atoms with E-state index in [0.717, 1.165) is 0 Å². The molecule has 0 atom stereocenters. The zero-order chi connectivity index (χ0) is 26.2. The lowest BCUT2D eigenvalue weighted by Crippen LogP contribution is -2.44. The predicted molar refractivity (Wildman–Crippen MR) is 125 cm³/mol. The lowest BCUT2D eigenvalue weighted by molar-refractivity contribution is 0.0890. The number of rotatable bonds is 8. The third-order valence-electron chi connectivity index (χ3n) is 5.92. The van der Waals surface area contributed by atoms with Crippen LogP contribution in [0.15, 0.2) is 12.1 Å². The molecule has 0 aliphatic rings. The van der Waals surface area contributed by atoms with Crippen molar-refractivity contribution in [1.82, 2.24) is 0 Å². The summed E-state index contributed by atoms with van der Waals surface area (Å²) in [7, 11) is 0.481. The lowest BCUT2D eigenvalue weighted by Gasteiger charge is -2.37. The van der Waals surface area contributed by atoms with Gasteiger partial charge in [0.1, 0.15) is 5.56 Å². The van der Waals surface area contributed by atoms with E-state index in [0.29, 0.717) is 5.75 Å². The Morgan fingerprint density at radius 3 is 1.59 bits per heavy atom. The van der Waals surface area contributed by atoms with Gasteiger partial charge in [-0.25, -0.2) is 0 Å². The smallest absolute Gasteiger partial charge is 0.250 e. The molecule has 2 aromatic carbocycles. The molecule has 0 aliphatic carbocycles. The van der Waals surface area contributed by atoms with Crippen LogP contribution in [0.1, 0.15) is 47.9 Å². The highest BCUT2D eigenvalue weighted by Gasteiger charge is 2.40. The average molecular weight is 495 g/mol. The van der Waals surface area contributed by atoms with E-state index in [-0.39, 0.29) is 22.1 Å². The van der Waals surface area contributed by atoms with Gasteiger partial charge in [0, 0.05) is 5.56 Å². The SMILES string of the molecule is COc1cc(C(=O)CC(=O)c2c(O)c(O)c(O)c(O)c2O)cc(OC)c1O[Si](C)(C)C(C)(C)C. The van der Waals surface area contributed by atoms with Crippen LogP contribution in [0.3, 0.4) is 0 Å². The Labute approximate surface area is 198 Å². The first-order valence-corrected chi connectivity index (χ1v) is 13.2. The van der Waals surface area contributed by atoms with Gasteiger partial charge in [-0.15, -0.1) is 0 Å². The number of carbonyl (C=O) groups excluding carboxylic acids is 2. The summed E-state index contributed by atoms with van der Waals surface area (Å²) in [5.74, 6) is -7.04. The van der Waals surface area contributed by atoms with E-state index < -0.39 is 60.6 Å². The molecule has 0 heterocycles. The number of phenolic OH excluding ortho intramolecular Hbond substituents is 5. The molecule has 0 saturated heterocycles. The Morgan fingerprint density at radius 2 is 1.21 bits per heavy atom. The standard InChI is InChI=1S/C23H30O10Si/c1-23(2,3)34(6,7)33-22-14(31-4)8-11(9-15(22)32-5)12(24)10-13(25)16-17(26)19(28)21(30)20(29)18(16)27/h8-9,26-30H,10H2,1-7H3. The quantitative estimate of drug-likeness (QED) is 0.119. The number of ketones is 2. The number of Topliss-reactive ketones (excluding diaryl/α,β-unsaturated/α-hetero) is 2. The molecule has 34 heavy (non-hydrogen) atoms. The van der Waals surface area contributed by atoms with Gasteiger partial charge >= 0.3 is 0 Å². The van der Waals surface area contributed by atoms with E-state index in [2.05, 4.69) is 20.8 Å². The zero-order valence-corrected chi connectivity index (χ0v) is 21.1. The van der Waals surface area contributed by atoms with Gasteiger partial charge in [-0.2, -0.15) is 0 Å². The maximum absolute atomic E-state index is 12.9. The van der Waals surface area contributed by atoms with Crippen molar-refractivity contribution in [3.05, 3.63) is 23.3 Å². The summed E-state index contributed by atoms with van der Waals surface area (Å²) in [6, 6.07) is 2.76. The first-order valence-electron chi connectivity index (χ1n) is 10.3. The molecule has 0 saturated carbocycles. The minimum absolute atomic E-state index is 0.0239. The topological polar surface area (TPSA) is 163 Å². The highest BCUT2D eigenvalue weighted by molar-refractivity contribution is 6.74. The summed E-state index contributed by atoms with van der Waals surface area (Å²) < 4.78 is 17.2. The first kappa shape index (κ1) is 26.6. The molecule has 10 nitrogen and oxygen atoms in total. The van der Waals surface area contributed by atoms with Crippen molar-refractivity contribution >= 4 is 19.9 Å². The minimum atomic E-state index is -2.31. The fourth-order valence-electron chi connectivity index (χ4n) is 2.84. The predicted octanol–water partition coefficient (Wildman–Crippen LogP) is 4.07. The number of hydrogen-bond acceptors (Lipinski definition) is 10. The second kappa shape index (κ2) is 9.33. The van der Waals surface area contributed by atoms with Gasteiger partial charge < -0.3 is 39.4 Å². The van der Waals surface area contributed by atoms with Gasteiger partial charge in [0.05, 0.1) is 20.6 Å². The summed E-state index contributed by atoms with van der Waals surface area (Å²) in [6.45, 7) is 10.2. The second-order valence-corrected chi connectivity index (χ2v) is 13.9. The monoisotopic (exact) mass is 494 g/mol. The molecule has 186 valence electrons. The van der Waals surface area contributed by atoms with Gasteiger partial charge in [0.25, 0.3) is 8.32 Å². The molecular weight excluding hydrogens is 464 g/mol. The number of carbonyl (C=O) groups is 2. The fourth-order valence-corrected chi connectivity index (χ4v) is 3.85. The van der Waals surface area contributed by atoms with E-state index in [1.165, 1.54) is 26.4 Å². The third kappa shape index (κ3) is 4.83. The summed E-state index contributed by atoms with van der Waals surface area (Å²) in [4.78, 5) is 25.5. The van der Waals surface area contributed by atoms with Gasteiger partial charge in [-0.3, -0.25) is 9.59 Å². The summed E-state index contributed by atoms with van der Waals surface area (Å²) in [5.41, 5.74) is -0.881. The van der Waals surface area contributed by atoms with Gasteiger partial charge in [0.15, 0.2) is 40.3 Å². The minimum Gasteiger partial charge on any atom is -0.539 e.